The molecule has 0 spiro atoms. The Morgan fingerprint density at radius 3 is 2.36 bits per heavy atom. The molecule has 0 aliphatic carbocycles. The number of aliphatic hydroxyl groups excluding tert-OH is 1. The van der Waals surface area contributed by atoms with E-state index < -0.39 is 53.2 Å². The molecule has 0 unspecified atom stereocenters. The number of aliphatic hydroxyl groups is 2. The Kier molecular flexibility index (Phi) is 14.0. The molecule has 1 rings (SSSR count). The van der Waals surface area contributed by atoms with E-state index >= 15 is 0 Å². The predicted octanol–water partition coefficient (Wildman–Crippen LogP) is 4.57. The van der Waals surface area contributed by atoms with Crippen molar-refractivity contribution in [2.75, 3.05) is 7.11 Å². The first-order valence-electron chi connectivity index (χ1n) is 14.0. The van der Waals surface area contributed by atoms with Gasteiger partial charge in [0.25, 0.3) is 0 Å². The average molecular weight is 555 g/mol. The lowest BCUT2D eigenvalue weighted by Gasteiger charge is -2.51. The van der Waals surface area contributed by atoms with Crippen molar-refractivity contribution < 1.29 is 43.5 Å². The molecule has 0 aromatic heterocycles. The number of carbonyl (C=O) groups excluding carboxylic acids is 3. The van der Waals surface area contributed by atoms with Gasteiger partial charge < -0.3 is 29.2 Å². The van der Waals surface area contributed by atoms with Crippen molar-refractivity contribution in [2.45, 2.75) is 136 Å². The van der Waals surface area contributed by atoms with Gasteiger partial charge in [0, 0.05) is 24.3 Å². The molecular weight excluding hydrogens is 504 g/mol. The van der Waals surface area contributed by atoms with E-state index in [0.717, 1.165) is 25.7 Å². The van der Waals surface area contributed by atoms with Crippen molar-refractivity contribution in [2.24, 2.45) is 5.41 Å². The van der Waals surface area contributed by atoms with Gasteiger partial charge in [-0.05, 0) is 52.2 Å². The number of aldehydes is 1. The molecule has 0 bridgehead atoms. The Labute approximate surface area is 233 Å². The maximum Gasteiger partial charge on any atom is 0.330 e. The molecular formula is C30H50O9. The molecule has 0 aromatic rings. The highest BCUT2D eigenvalue weighted by molar-refractivity contribution is 5.83. The van der Waals surface area contributed by atoms with Crippen molar-refractivity contribution in [3.8, 4) is 0 Å². The van der Waals surface area contributed by atoms with Crippen LogP contribution in [0.1, 0.15) is 99.8 Å². The van der Waals surface area contributed by atoms with Gasteiger partial charge in [0.2, 0.25) is 5.79 Å². The number of methoxy groups -OCH3 is 1. The topological polar surface area (TPSA) is 129 Å². The third-order valence-corrected chi connectivity index (χ3v) is 6.84. The molecule has 1 saturated heterocycles. The van der Waals surface area contributed by atoms with Gasteiger partial charge in [0.1, 0.15) is 6.29 Å². The van der Waals surface area contributed by atoms with Crippen molar-refractivity contribution in [3.05, 3.63) is 23.8 Å². The zero-order chi connectivity index (χ0) is 29.9. The quantitative estimate of drug-likeness (QED) is 0.129. The summed E-state index contributed by atoms with van der Waals surface area (Å²) in [6.07, 6.45) is 5.87. The van der Waals surface area contributed by atoms with E-state index in [4.69, 9.17) is 18.9 Å². The first-order valence-corrected chi connectivity index (χ1v) is 14.0. The summed E-state index contributed by atoms with van der Waals surface area (Å²) in [6, 6.07) is 0. The third kappa shape index (κ3) is 11.1. The molecule has 1 heterocycles. The van der Waals surface area contributed by atoms with Crippen LogP contribution >= 0.6 is 0 Å². The number of hydrogen-bond donors (Lipinski definition) is 2. The van der Waals surface area contributed by atoms with Gasteiger partial charge in [-0.3, -0.25) is 9.59 Å². The maximum absolute atomic E-state index is 12.9. The van der Waals surface area contributed by atoms with Crippen molar-refractivity contribution in [1.29, 1.82) is 0 Å². The van der Waals surface area contributed by atoms with Crippen LogP contribution in [0.15, 0.2) is 23.8 Å². The van der Waals surface area contributed by atoms with E-state index in [-0.39, 0.29) is 19.3 Å². The second-order valence-electron chi connectivity index (χ2n) is 11.9. The van der Waals surface area contributed by atoms with Gasteiger partial charge in [-0.15, -0.1) is 0 Å². The number of carbonyl (C=O) groups is 3. The van der Waals surface area contributed by atoms with Crippen LogP contribution in [-0.4, -0.2) is 71.4 Å². The van der Waals surface area contributed by atoms with Crippen LogP contribution in [0.25, 0.3) is 0 Å². The number of hydrogen-bond acceptors (Lipinski definition) is 9. The Bertz CT molecular complexity index is 855. The van der Waals surface area contributed by atoms with Crippen LogP contribution in [0.4, 0.5) is 0 Å². The first kappa shape index (κ1) is 35.0. The predicted molar refractivity (Wildman–Crippen MR) is 148 cm³/mol. The zero-order valence-corrected chi connectivity index (χ0v) is 25.0. The summed E-state index contributed by atoms with van der Waals surface area (Å²) in [6.45, 7) is 12.8. The summed E-state index contributed by atoms with van der Waals surface area (Å²) < 4.78 is 22.7. The smallest absolute Gasteiger partial charge is 0.330 e. The number of allylic oxidation sites excluding steroid dienone is 1. The van der Waals surface area contributed by atoms with Crippen LogP contribution in [0.5, 0.6) is 0 Å². The van der Waals surface area contributed by atoms with E-state index in [0.29, 0.717) is 18.3 Å². The monoisotopic (exact) mass is 554 g/mol. The molecule has 1 aliphatic rings. The molecule has 0 aromatic carbocycles. The zero-order valence-electron chi connectivity index (χ0n) is 25.0. The Morgan fingerprint density at radius 1 is 1.15 bits per heavy atom. The van der Waals surface area contributed by atoms with E-state index in [9.17, 15) is 24.6 Å². The van der Waals surface area contributed by atoms with Crippen molar-refractivity contribution in [1.82, 2.24) is 0 Å². The molecule has 9 nitrogen and oxygen atoms in total. The lowest BCUT2D eigenvalue weighted by Crippen LogP contribution is -2.62. The van der Waals surface area contributed by atoms with Gasteiger partial charge in [-0.1, -0.05) is 52.5 Å². The maximum atomic E-state index is 12.9. The minimum atomic E-state index is -2.17. The number of rotatable bonds is 15. The summed E-state index contributed by atoms with van der Waals surface area (Å²) in [5.74, 6) is -3.38. The summed E-state index contributed by atoms with van der Waals surface area (Å²) in [5.41, 5.74) is -1.43. The second kappa shape index (κ2) is 15.6. The Balaban J connectivity index is 3.38. The van der Waals surface area contributed by atoms with E-state index in [1.54, 1.807) is 20.8 Å². The molecule has 0 amide bonds. The van der Waals surface area contributed by atoms with Crippen LogP contribution < -0.4 is 0 Å². The summed E-state index contributed by atoms with van der Waals surface area (Å²) in [4.78, 5) is 36.3. The number of ether oxygens (including phenoxy) is 4. The lowest BCUT2D eigenvalue weighted by atomic mass is 9.74. The molecule has 1 aliphatic heterocycles. The molecule has 0 radical (unpaired) electrons. The van der Waals surface area contributed by atoms with E-state index in [1.807, 2.05) is 20.8 Å². The molecule has 9 heteroatoms. The molecule has 1 fully saturated rings. The van der Waals surface area contributed by atoms with Gasteiger partial charge >= 0.3 is 11.9 Å². The molecule has 39 heavy (non-hydrogen) atoms. The fourth-order valence-electron chi connectivity index (χ4n) is 4.66. The van der Waals surface area contributed by atoms with E-state index in [2.05, 4.69) is 6.92 Å². The van der Waals surface area contributed by atoms with E-state index in [1.165, 1.54) is 25.3 Å². The fourth-order valence-corrected chi connectivity index (χ4v) is 4.66. The Hall–Kier alpha value is -2.07. The molecule has 0 saturated carbocycles. The Morgan fingerprint density at radius 2 is 1.79 bits per heavy atom. The SMILES string of the molecule is CCCCCCCC(=O)O[C@H]1/C(=C/C(=O)OC)C[C@@H](C[C@@H](O)[C@@H](C)OC(C)(C)C)O[C@@]1(O)C(C)(C)/C=C\C=O. The highest BCUT2D eigenvalue weighted by atomic mass is 16.7. The number of unbranched alkanes of at least 4 members (excludes halogenated alkanes) is 4. The molecule has 224 valence electrons. The minimum Gasteiger partial charge on any atom is -0.466 e. The summed E-state index contributed by atoms with van der Waals surface area (Å²) in [5, 5.41) is 23.0. The average Bonchev–Trinajstić information content (AvgIpc) is 2.83. The van der Waals surface area contributed by atoms with Crippen molar-refractivity contribution >= 4 is 18.2 Å². The standard InChI is InChI=1S/C30H50O9/c1-9-10-11-12-13-15-25(33)37-27-22(19-26(34)36-8)18-23(20-24(32)21(2)38-28(3,4)5)39-30(27,35)29(6,7)16-14-17-31/h14,16-17,19,21,23-24,27,32,35H,9-13,15,18,20H2,1-8H3/b16-14-,22-19+/t21-,23+,24-,27+,30-/m1/s1. The van der Waals surface area contributed by atoms with Crippen LogP contribution in [0.2, 0.25) is 0 Å². The lowest BCUT2D eigenvalue weighted by molar-refractivity contribution is -0.327. The normalized spacial score (nSPS) is 24.9. The summed E-state index contributed by atoms with van der Waals surface area (Å²) >= 11 is 0. The van der Waals surface area contributed by atoms with Gasteiger partial charge in [0.05, 0.1) is 31.0 Å². The summed E-state index contributed by atoms with van der Waals surface area (Å²) in [7, 11) is 1.23. The van der Waals surface area contributed by atoms with Gasteiger partial charge in [0.15, 0.2) is 6.10 Å². The third-order valence-electron chi connectivity index (χ3n) is 6.84. The van der Waals surface area contributed by atoms with Gasteiger partial charge in [-0.2, -0.15) is 0 Å². The second-order valence-corrected chi connectivity index (χ2v) is 11.9. The largest absolute Gasteiger partial charge is 0.466 e. The van der Waals surface area contributed by atoms with Gasteiger partial charge in [-0.25, -0.2) is 4.79 Å². The van der Waals surface area contributed by atoms with Crippen LogP contribution in [0, 0.1) is 5.41 Å². The molecule has 5 atom stereocenters. The number of esters is 2. The highest BCUT2D eigenvalue weighted by Gasteiger charge is 2.57. The minimum absolute atomic E-state index is 0.0731. The molecule has 2 N–H and O–H groups in total. The first-order chi connectivity index (χ1) is 18.1. The fraction of sp³-hybridized carbons (Fsp3) is 0.767. The highest BCUT2D eigenvalue weighted by Crippen LogP contribution is 2.46. The van der Waals surface area contributed by atoms with Crippen LogP contribution in [-0.2, 0) is 33.3 Å². The van der Waals surface area contributed by atoms with Crippen LogP contribution in [0.3, 0.4) is 0 Å². The van der Waals surface area contributed by atoms with Crippen molar-refractivity contribution in [3.63, 3.8) is 0 Å².